The molecule has 0 unspecified atom stereocenters. The Balaban J connectivity index is 2.75. The predicted molar refractivity (Wildman–Crippen MR) is 72.0 cm³/mol. The zero-order chi connectivity index (χ0) is 15.3. The molecule has 0 aromatic heterocycles. The van der Waals surface area contributed by atoms with Gasteiger partial charge in [-0.2, -0.15) is 13.2 Å². The Labute approximate surface area is 119 Å². The fourth-order valence-electron chi connectivity index (χ4n) is 1.42. The Kier molecular flexibility index (Phi) is 5.64. The first-order valence-corrected chi connectivity index (χ1v) is 6.14. The maximum Gasteiger partial charge on any atom is 0.418 e. The summed E-state index contributed by atoms with van der Waals surface area (Å²) in [7, 11) is 3.64. The Morgan fingerprint density at radius 2 is 2.00 bits per heavy atom. The van der Waals surface area contributed by atoms with Crippen LogP contribution in [-0.4, -0.2) is 38.1 Å². The van der Waals surface area contributed by atoms with Crippen LogP contribution in [0.1, 0.15) is 5.56 Å². The van der Waals surface area contributed by atoms with Gasteiger partial charge in [0.15, 0.2) is 0 Å². The molecule has 0 aliphatic carbocycles. The lowest BCUT2D eigenvalue weighted by Gasteiger charge is -2.15. The van der Waals surface area contributed by atoms with Crippen LogP contribution in [0.5, 0.6) is 0 Å². The number of likely N-dealkylation sites (N-methyl/N-ethyl adjacent to an activating group) is 1. The van der Waals surface area contributed by atoms with Crippen LogP contribution in [0.15, 0.2) is 18.2 Å². The quantitative estimate of drug-likeness (QED) is 0.898. The second-order valence-corrected chi connectivity index (χ2v) is 4.81. The smallest absolute Gasteiger partial charge is 0.337 e. The first-order chi connectivity index (χ1) is 9.20. The van der Waals surface area contributed by atoms with Crippen molar-refractivity contribution >= 4 is 23.3 Å². The minimum Gasteiger partial charge on any atom is -0.337 e. The molecule has 112 valence electrons. The molecule has 0 spiro atoms. The van der Waals surface area contributed by atoms with E-state index in [1.165, 1.54) is 6.07 Å². The molecule has 4 nitrogen and oxygen atoms in total. The zero-order valence-electron chi connectivity index (χ0n) is 11.0. The molecule has 0 aliphatic heterocycles. The fourth-order valence-corrected chi connectivity index (χ4v) is 1.59. The summed E-state index contributed by atoms with van der Waals surface area (Å²) in [5.41, 5.74) is -1.31. The zero-order valence-corrected chi connectivity index (χ0v) is 11.8. The van der Waals surface area contributed by atoms with Gasteiger partial charge in [0.1, 0.15) is 0 Å². The predicted octanol–water partition coefficient (Wildman–Crippen LogP) is 3.04. The van der Waals surface area contributed by atoms with Gasteiger partial charge in [0.25, 0.3) is 0 Å². The van der Waals surface area contributed by atoms with Crippen molar-refractivity contribution in [3.05, 3.63) is 28.8 Å². The number of benzene rings is 1. The van der Waals surface area contributed by atoms with E-state index in [9.17, 15) is 18.0 Å². The number of rotatable bonds is 4. The lowest BCUT2D eigenvalue weighted by atomic mass is 10.1. The van der Waals surface area contributed by atoms with E-state index >= 15 is 0 Å². The van der Waals surface area contributed by atoms with Crippen LogP contribution >= 0.6 is 11.6 Å². The van der Waals surface area contributed by atoms with Gasteiger partial charge < -0.3 is 15.5 Å². The third kappa shape index (κ3) is 5.26. The van der Waals surface area contributed by atoms with Crippen LogP contribution in [0.4, 0.5) is 23.7 Å². The van der Waals surface area contributed by atoms with Crippen LogP contribution in [0.3, 0.4) is 0 Å². The van der Waals surface area contributed by atoms with Crippen LogP contribution < -0.4 is 10.6 Å². The first-order valence-electron chi connectivity index (χ1n) is 5.76. The standard InChI is InChI=1S/C12H15ClF3N3O/c1-19(2)6-5-17-11(20)18-10-4-3-8(13)7-9(10)12(14,15)16/h3-4,7H,5-6H2,1-2H3,(H2,17,18,20). The molecule has 2 N–H and O–H groups in total. The molecule has 20 heavy (non-hydrogen) atoms. The molecule has 0 fully saturated rings. The van der Waals surface area contributed by atoms with Crippen LogP contribution in [0.25, 0.3) is 0 Å². The lowest BCUT2D eigenvalue weighted by molar-refractivity contribution is -0.136. The Bertz CT molecular complexity index is 478. The van der Waals surface area contributed by atoms with Crippen LogP contribution in [0.2, 0.25) is 5.02 Å². The summed E-state index contributed by atoms with van der Waals surface area (Å²) < 4.78 is 38.4. The minimum atomic E-state index is -4.59. The third-order valence-electron chi connectivity index (χ3n) is 2.38. The van der Waals surface area contributed by atoms with Gasteiger partial charge in [-0.1, -0.05) is 11.6 Å². The Morgan fingerprint density at radius 1 is 1.35 bits per heavy atom. The third-order valence-corrected chi connectivity index (χ3v) is 2.61. The van der Waals surface area contributed by atoms with Crippen molar-refractivity contribution in [3.8, 4) is 0 Å². The number of hydrogen-bond acceptors (Lipinski definition) is 2. The van der Waals surface area contributed by atoms with E-state index in [-0.39, 0.29) is 10.7 Å². The maximum absolute atomic E-state index is 12.8. The summed E-state index contributed by atoms with van der Waals surface area (Å²) in [5.74, 6) is 0. The van der Waals surface area contributed by atoms with Gasteiger partial charge in [0.2, 0.25) is 0 Å². The van der Waals surface area contributed by atoms with E-state index in [1.807, 2.05) is 19.0 Å². The highest BCUT2D eigenvalue weighted by atomic mass is 35.5. The summed E-state index contributed by atoms with van der Waals surface area (Å²) in [6.45, 7) is 0.911. The second-order valence-electron chi connectivity index (χ2n) is 4.37. The number of alkyl halides is 3. The summed E-state index contributed by atoms with van der Waals surface area (Å²) in [4.78, 5) is 13.4. The maximum atomic E-state index is 12.8. The van der Waals surface area contributed by atoms with Gasteiger partial charge in [0.05, 0.1) is 11.3 Å². The highest BCUT2D eigenvalue weighted by molar-refractivity contribution is 6.30. The molecule has 1 aromatic rings. The van der Waals surface area contributed by atoms with Gasteiger partial charge in [0, 0.05) is 18.1 Å². The number of halogens is 4. The first kappa shape index (κ1) is 16.6. The van der Waals surface area contributed by atoms with E-state index in [0.717, 1.165) is 12.1 Å². The molecule has 0 saturated heterocycles. The molecule has 1 rings (SSSR count). The normalized spacial score (nSPS) is 11.6. The molecule has 8 heteroatoms. The van der Waals surface area contributed by atoms with E-state index in [1.54, 1.807) is 0 Å². The molecule has 0 heterocycles. The molecule has 1 aromatic carbocycles. The number of carbonyl (C=O) groups excluding carboxylic acids is 1. The molecule has 0 bridgehead atoms. The van der Waals surface area contributed by atoms with E-state index < -0.39 is 17.8 Å². The van der Waals surface area contributed by atoms with Crippen molar-refractivity contribution in [3.63, 3.8) is 0 Å². The Morgan fingerprint density at radius 3 is 2.55 bits per heavy atom. The van der Waals surface area contributed by atoms with Gasteiger partial charge in [-0.3, -0.25) is 0 Å². The van der Waals surface area contributed by atoms with Crippen molar-refractivity contribution in [2.75, 3.05) is 32.5 Å². The number of anilines is 1. The number of urea groups is 1. The summed E-state index contributed by atoms with van der Waals surface area (Å²) in [6.07, 6.45) is -4.59. The van der Waals surface area contributed by atoms with Crippen molar-refractivity contribution in [1.29, 1.82) is 0 Å². The van der Waals surface area contributed by atoms with E-state index in [0.29, 0.717) is 13.1 Å². The number of nitrogens with zero attached hydrogens (tertiary/aromatic N) is 1. The van der Waals surface area contributed by atoms with Crippen molar-refractivity contribution in [1.82, 2.24) is 10.2 Å². The minimum absolute atomic E-state index is 0.0455. The van der Waals surface area contributed by atoms with Crippen LogP contribution in [-0.2, 0) is 6.18 Å². The highest BCUT2D eigenvalue weighted by Gasteiger charge is 2.34. The molecule has 0 aliphatic rings. The van der Waals surface area contributed by atoms with Crippen LogP contribution in [0, 0.1) is 0 Å². The molecule has 0 radical (unpaired) electrons. The topological polar surface area (TPSA) is 44.4 Å². The average molecular weight is 310 g/mol. The van der Waals surface area contributed by atoms with Gasteiger partial charge >= 0.3 is 12.2 Å². The largest absolute Gasteiger partial charge is 0.418 e. The van der Waals surface area contributed by atoms with Crippen molar-refractivity contribution < 1.29 is 18.0 Å². The van der Waals surface area contributed by atoms with Gasteiger partial charge in [-0.25, -0.2) is 4.79 Å². The molecular weight excluding hydrogens is 295 g/mol. The molecule has 2 amide bonds. The molecule has 0 saturated carbocycles. The molecule has 0 atom stereocenters. The van der Waals surface area contributed by atoms with Crippen molar-refractivity contribution in [2.45, 2.75) is 6.18 Å². The van der Waals surface area contributed by atoms with E-state index in [2.05, 4.69) is 10.6 Å². The average Bonchev–Trinajstić information content (AvgIpc) is 2.29. The SMILES string of the molecule is CN(C)CCNC(=O)Nc1ccc(Cl)cc1C(F)(F)F. The number of nitrogens with one attached hydrogen (secondary N) is 2. The summed E-state index contributed by atoms with van der Waals surface area (Å²) in [5, 5.41) is 4.59. The number of amides is 2. The van der Waals surface area contributed by atoms with Gasteiger partial charge in [-0.15, -0.1) is 0 Å². The number of carbonyl (C=O) groups is 1. The molecular formula is C12H15ClF3N3O. The van der Waals surface area contributed by atoms with E-state index in [4.69, 9.17) is 11.6 Å². The number of hydrogen-bond donors (Lipinski definition) is 2. The fraction of sp³-hybridized carbons (Fsp3) is 0.417. The van der Waals surface area contributed by atoms with Crippen molar-refractivity contribution in [2.24, 2.45) is 0 Å². The highest BCUT2D eigenvalue weighted by Crippen LogP contribution is 2.36. The monoisotopic (exact) mass is 309 g/mol. The van der Waals surface area contributed by atoms with Gasteiger partial charge in [-0.05, 0) is 32.3 Å². The summed E-state index contributed by atoms with van der Waals surface area (Å²) in [6, 6.07) is 2.49. The lowest BCUT2D eigenvalue weighted by Crippen LogP contribution is -2.34. The summed E-state index contributed by atoms with van der Waals surface area (Å²) >= 11 is 5.54. The second kappa shape index (κ2) is 6.81. The Hall–Kier alpha value is -1.47.